The molecule has 45 heavy (non-hydrogen) atoms. The second kappa shape index (κ2) is 13.4. The normalized spacial score (nSPS) is 15.8. The van der Waals surface area contributed by atoms with E-state index in [2.05, 4.69) is 34.2 Å². The Hall–Kier alpha value is -4.90. The Kier molecular flexibility index (Phi) is 9.38. The Bertz CT molecular complexity index is 1660. The van der Waals surface area contributed by atoms with Gasteiger partial charge in [0.25, 0.3) is 0 Å². The van der Waals surface area contributed by atoms with Crippen LogP contribution in [-0.4, -0.2) is 73.0 Å². The number of aromatic nitrogens is 2. The summed E-state index contributed by atoms with van der Waals surface area (Å²) in [5.74, 6) is 0.930. The number of piperazine rings is 1. The quantitative estimate of drug-likeness (QED) is 0.221. The van der Waals surface area contributed by atoms with Crippen LogP contribution in [0, 0.1) is 19.7 Å². The third-order valence-electron chi connectivity index (χ3n) is 8.40. The smallest absolute Gasteiger partial charge is 0.413 e. The number of carboxylic acid groups (broad SMARTS) is 1. The molecule has 2 unspecified atom stereocenters. The number of hydrogen-bond donors (Lipinski definition) is 2. The number of anilines is 4. The maximum Gasteiger partial charge on any atom is 0.413 e. The summed E-state index contributed by atoms with van der Waals surface area (Å²) < 4.78 is 26.5. The fraction of sp³-hybridized carbons (Fsp3) is 0.324. The van der Waals surface area contributed by atoms with Gasteiger partial charge in [0.2, 0.25) is 5.95 Å². The first-order chi connectivity index (χ1) is 21.6. The highest BCUT2D eigenvalue weighted by molar-refractivity contribution is 5.87. The molecule has 0 bridgehead atoms. The average molecular weight is 615 g/mol. The lowest BCUT2D eigenvalue weighted by Crippen LogP contribution is -2.50. The number of hydrogen-bond acceptors (Lipinski definition) is 8. The fourth-order valence-corrected chi connectivity index (χ4v) is 5.86. The summed E-state index contributed by atoms with van der Waals surface area (Å²) in [5.41, 5.74) is 4.15. The number of aryl methyl sites for hydroxylation is 2. The summed E-state index contributed by atoms with van der Waals surface area (Å²) in [6.07, 6.45) is 0.246. The van der Waals surface area contributed by atoms with E-state index >= 15 is 4.39 Å². The lowest BCUT2D eigenvalue weighted by molar-refractivity contribution is 0.199. The predicted molar refractivity (Wildman–Crippen MR) is 174 cm³/mol. The molecule has 0 radical (unpaired) electrons. The van der Waals surface area contributed by atoms with Gasteiger partial charge in [-0.25, -0.2) is 19.1 Å². The molecule has 0 spiro atoms. The molecule has 1 aromatic heterocycles. The lowest BCUT2D eigenvalue weighted by atomic mass is 9.89. The average Bonchev–Trinajstić information content (AvgIpc) is 3.01. The van der Waals surface area contributed by atoms with Crippen LogP contribution in [0.2, 0.25) is 0 Å². The van der Waals surface area contributed by atoms with Crippen LogP contribution in [0.3, 0.4) is 0 Å². The van der Waals surface area contributed by atoms with Gasteiger partial charge in [-0.1, -0.05) is 18.2 Å². The number of nitrogens with zero attached hydrogens (tertiary/aromatic N) is 5. The third kappa shape index (κ3) is 6.63. The van der Waals surface area contributed by atoms with Gasteiger partial charge in [-0.05, 0) is 87.0 Å². The van der Waals surface area contributed by atoms with E-state index in [0.29, 0.717) is 34.5 Å². The summed E-state index contributed by atoms with van der Waals surface area (Å²) in [6, 6.07) is 17.0. The second-order valence-corrected chi connectivity index (χ2v) is 11.3. The van der Waals surface area contributed by atoms with Crippen molar-refractivity contribution in [3.8, 4) is 11.5 Å². The van der Waals surface area contributed by atoms with Gasteiger partial charge in [-0.3, -0.25) is 0 Å². The number of rotatable bonds is 9. The van der Waals surface area contributed by atoms with Gasteiger partial charge in [0.15, 0.2) is 0 Å². The van der Waals surface area contributed by atoms with Gasteiger partial charge >= 0.3 is 6.09 Å². The molecule has 1 fully saturated rings. The summed E-state index contributed by atoms with van der Waals surface area (Å²) in [5, 5.41) is 13.8. The molecular formula is C34H39FN6O4. The van der Waals surface area contributed by atoms with Crippen molar-refractivity contribution in [1.29, 1.82) is 0 Å². The zero-order valence-corrected chi connectivity index (χ0v) is 26.4. The van der Waals surface area contributed by atoms with E-state index in [1.165, 1.54) is 23.2 Å². The van der Waals surface area contributed by atoms with Gasteiger partial charge in [-0.2, -0.15) is 4.98 Å². The second-order valence-electron chi connectivity index (χ2n) is 11.3. The van der Waals surface area contributed by atoms with Crippen molar-refractivity contribution in [1.82, 2.24) is 14.9 Å². The minimum absolute atomic E-state index is 0.122. The molecule has 236 valence electrons. The topological polar surface area (TPSA) is 103 Å². The minimum atomic E-state index is -1.23. The highest BCUT2D eigenvalue weighted by Crippen LogP contribution is 2.41. The highest BCUT2D eigenvalue weighted by atomic mass is 19.1. The van der Waals surface area contributed by atoms with E-state index in [1.54, 1.807) is 44.6 Å². The van der Waals surface area contributed by atoms with E-state index < -0.39 is 12.1 Å². The molecule has 1 saturated heterocycles. The summed E-state index contributed by atoms with van der Waals surface area (Å²) in [6.45, 7) is 8.33. The molecule has 0 aliphatic carbocycles. The van der Waals surface area contributed by atoms with Crippen LogP contribution >= 0.6 is 0 Å². The van der Waals surface area contributed by atoms with Crippen LogP contribution < -0.4 is 24.6 Å². The predicted octanol–water partition coefficient (Wildman–Crippen LogP) is 6.41. The van der Waals surface area contributed by atoms with Crippen LogP contribution in [0.4, 0.5) is 32.3 Å². The lowest BCUT2D eigenvalue weighted by Gasteiger charge is -2.39. The maximum absolute atomic E-state index is 15.3. The molecule has 0 saturated carbocycles. The third-order valence-corrected chi connectivity index (χ3v) is 8.40. The van der Waals surface area contributed by atoms with Crippen molar-refractivity contribution in [3.05, 3.63) is 94.9 Å². The fourth-order valence-electron chi connectivity index (χ4n) is 5.86. The molecular weight excluding hydrogens is 575 g/mol. The first kappa shape index (κ1) is 31.5. The highest BCUT2D eigenvalue weighted by Gasteiger charge is 2.34. The zero-order valence-electron chi connectivity index (χ0n) is 26.4. The number of nitrogens with one attached hydrogen (secondary N) is 1. The Labute approximate surface area is 263 Å². The van der Waals surface area contributed by atoms with Gasteiger partial charge in [-0.15, -0.1) is 0 Å². The first-order valence-electron chi connectivity index (χ1n) is 14.8. The molecule has 1 aliphatic rings. The van der Waals surface area contributed by atoms with E-state index in [4.69, 9.17) is 9.47 Å². The van der Waals surface area contributed by atoms with E-state index in [9.17, 15) is 9.90 Å². The summed E-state index contributed by atoms with van der Waals surface area (Å²) in [7, 11) is 5.17. The molecule has 10 nitrogen and oxygen atoms in total. The van der Waals surface area contributed by atoms with Gasteiger partial charge in [0.1, 0.15) is 23.1 Å². The molecule has 2 heterocycles. The number of halogens is 1. The maximum atomic E-state index is 15.3. The number of carbonyl (C=O) groups is 1. The molecule has 1 amide bonds. The Balaban J connectivity index is 1.53. The Morgan fingerprint density at radius 3 is 2.47 bits per heavy atom. The van der Waals surface area contributed by atoms with Crippen molar-refractivity contribution in [2.24, 2.45) is 0 Å². The number of amides is 1. The van der Waals surface area contributed by atoms with Crippen LogP contribution in [-0.2, 0) is 0 Å². The largest absolute Gasteiger partial charge is 0.497 e. The van der Waals surface area contributed by atoms with Gasteiger partial charge < -0.3 is 29.7 Å². The zero-order chi connectivity index (χ0) is 32.2. The molecule has 2 N–H and O–H groups in total. The molecule has 1 aliphatic heterocycles. The molecule has 11 heteroatoms. The summed E-state index contributed by atoms with van der Waals surface area (Å²) in [4.78, 5) is 27.5. The van der Waals surface area contributed by atoms with E-state index in [1.807, 2.05) is 36.9 Å². The minimum Gasteiger partial charge on any atom is -0.497 e. The number of likely N-dealkylation sites (N-methyl/N-ethyl adjacent to an activating group) is 1. The van der Waals surface area contributed by atoms with Crippen molar-refractivity contribution in [3.63, 3.8) is 0 Å². The van der Waals surface area contributed by atoms with E-state index in [0.717, 1.165) is 36.3 Å². The van der Waals surface area contributed by atoms with Crippen LogP contribution in [0.5, 0.6) is 11.5 Å². The number of ether oxygens (including phenoxy) is 2. The monoisotopic (exact) mass is 614 g/mol. The Morgan fingerprint density at radius 1 is 1.07 bits per heavy atom. The molecule has 5 rings (SSSR count). The standard InChI is InChI=1S/C34H39FN6O4/c1-21-8-7-9-22(2)31(21)32(26-19-25(44-5)11-13-29(26)45-6)41(34(42)43)30-14-15-36-33(38-30)37-24-10-12-28(27(35)18-24)40-17-16-39(4)23(3)20-40/h7-15,18-19,23,32H,16-17,20H2,1-6H3,(H,42,43)(H,36,37,38). The number of methoxy groups -OCH3 is 2. The molecule has 3 aromatic carbocycles. The van der Waals surface area contributed by atoms with E-state index in [-0.39, 0.29) is 17.6 Å². The number of benzene rings is 3. The molecule has 2 atom stereocenters. The van der Waals surface area contributed by atoms with Crippen molar-refractivity contribution in [2.45, 2.75) is 32.9 Å². The molecule has 4 aromatic rings. The van der Waals surface area contributed by atoms with Crippen LogP contribution in [0.25, 0.3) is 0 Å². The van der Waals surface area contributed by atoms with Gasteiger partial charge in [0, 0.05) is 43.1 Å². The van der Waals surface area contributed by atoms with Crippen molar-refractivity contribution >= 4 is 29.2 Å². The van der Waals surface area contributed by atoms with Gasteiger partial charge in [0.05, 0.1) is 25.9 Å². The van der Waals surface area contributed by atoms with Crippen molar-refractivity contribution in [2.75, 3.05) is 56.0 Å². The Morgan fingerprint density at radius 2 is 1.82 bits per heavy atom. The van der Waals surface area contributed by atoms with Crippen LogP contribution in [0.1, 0.15) is 35.2 Å². The summed E-state index contributed by atoms with van der Waals surface area (Å²) >= 11 is 0. The van der Waals surface area contributed by atoms with Crippen LogP contribution in [0.15, 0.2) is 66.9 Å². The SMILES string of the molecule is COc1ccc(OC)c(C(c2c(C)cccc2C)N(C(=O)O)c2ccnc(Nc3ccc(N4CCN(C)C(C)C4)c(F)c3)n2)c1. The van der Waals surface area contributed by atoms with Crippen molar-refractivity contribution < 1.29 is 23.8 Å². The first-order valence-corrected chi connectivity index (χ1v) is 14.8.